The molecule has 1 aliphatic rings. The van der Waals surface area contributed by atoms with Gasteiger partial charge in [-0.2, -0.15) is 0 Å². The first kappa shape index (κ1) is 12.7. The fraction of sp³-hybridized carbons (Fsp3) is 0.385. The maximum atomic E-state index is 11.3. The number of carboxylic acids is 1. The van der Waals surface area contributed by atoms with Gasteiger partial charge in [-0.05, 0) is 25.0 Å². The Balaban J connectivity index is 2.08. The Labute approximate surface area is 115 Å². The van der Waals surface area contributed by atoms with Crippen LogP contribution in [-0.4, -0.2) is 44.3 Å². The van der Waals surface area contributed by atoms with E-state index < -0.39 is 5.97 Å². The van der Waals surface area contributed by atoms with Gasteiger partial charge in [0, 0.05) is 31.2 Å². The quantitative estimate of drug-likeness (QED) is 0.909. The van der Waals surface area contributed by atoms with Crippen molar-refractivity contribution in [3.05, 3.63) is 30.2 Å². The lowest BCUT2D eigenvalue weighted by atomic mass is 10.1. The van der Waals surface area contributed by atoms with Crippen LogP contribution in [0.4, 0.5) is 0 Å². The normalized spacial score (nSPS) is 16.2. The van der Waals surface area contributed by atoms with Gasteiger partial charge in [-0.1, -0.05) is 5.21 Å². The average molecular weight is 274 g/mol. The molecule has 0 unspecified atom stereocenters. The number of carbonyl (C=O) groups is 1. The van der Waals surface area contributed by atoms with E-state index in [9.17, 15) is 9.90 Å². The summed E-state index contributed by atoms with van der Waals surface area (Å²) in [6, 6.07) is 3.65. The van der Waals surface area contributed by atoms with E-state index in [-0.39, 0.29) is 11.7 Å². The fourth-order valence-corrected chi connectivity index (χ4v) is 2.40. The van der Waals surface area contributed by atoms with Gasteiger partial charge >= 0.3 is 5.97 Å². The minimum atomic E-state index is -1.07. The Morgan fingerprint density at radius 2 is 2.00 bits per heavy atom. The summed E-state index contributed by atoms with van der Waals surface area (Å²) in [4.78, 5) is 15.3. The number of aromatic nitrogens is 4. The first-order valence-corrected chi connectivity index (χ1v) is 6.44. The van der Waals surface area contributed by atoms with Crippen molar-refractivity contribution in [1.29, 1.82) is 0 Å². The van der Waals surface area contributed by atoms with E-state index in [1.54, 1.807) is 29.2 Å². The third-order valence-corrected chi connectivity index (χ3v) is 3.39. The molecular weight excluding hydrogens is 260 g/mol. The predicted octanol–water partition coefficient (Wildman–Crippen LogP) is 1.39. The maximum Gasteiger partial charge on any atom is 0.358 e. The van der Waals surface area contributed by atoms with E-state index in [1.807, 2.05) is 0 Å². The molecule has 2 aromatic rings. The second-order valence-electron chi connectivity index (χ2n) is 4.62. The molecule has 7 nitrogen and oxygen atoms in total. The molecule has 7 heteroatoms. The number of carboxylic acid groups (broad SMARTS) is 1. The van der Waals surface area contributed by atoms with Gasteiger partial charge in [-0.25, -0.2) is 9.48 Å². The summed E-state index contributed by atoms with van der Waals surface area (Å²) in [5.74, 6) is -1.07. The molecule has 1 aliphatic heterocycles. The summed E-state index contributed by atoms with van der Waals surface area (Å²) in [7, 11) is 0. The highest BCUT2D eigenvalue weighted by Gasteiger charge is 2.26. The van der Waals surface area contributed by atoms with E-state index in [0.29, 0.717) is 18.9 Å². The lowest BCUT2D eigenvalue weighted by molar-refractivity contribution is 0.0662. The Hall–Kier alpha value is -2.28. The molecule has 0 bridgehead atoms. The number of nitrogens with zero attached hydrogens (tertiary/aromatic N) is 4. The van der Waals surface area contributed by atoms with Crippen LogP contribution in [0.25, 0.3) is 11.3 Å². The lowest BCUT2D eigenvalue weighted by Crippen LogP contribution is -2.21. The number of aromatic carboxylic acids is 1. The summed E-state index contributed by atoms with van der Waals surface area (Å²) in [5, 5.41) is 17.1. The van der Waals surface area contributed by atoms with Crippen LogP contribution in [0.1, 0.15) is 29.4 Å². The summed E-state index contributed by atoms with van der Waals surface area (Å²) >= 11 is 0. The van der Waals surface area contributed by atoms with Crippen LogP contribution in [0.5, 0.6) is 0 Å². The third kappa shape index (κ3) is 2.27. The molecule has 0 spiro atoms. The minimum Gasteiger partial charge on any atom is -0.476 e. The molecule has 1 saturated heterocycles. The molecule has 0 amide bonds. The summed E-state index contributed by atoms with van der Waals surface area (Å²) < 4.78 is 7.04. The van der Waals surface area contributed by atoms with E-state index >= 15 is 0 Å². The Morgan fingerprint density at radius 3 is 2.65 bits per heavy atom. The van der Waals surface area contributed by atoms with Crippen molar-refractivity contribution in [3.63, 3.8) is 0 Å². The SMILES string of the molecule is O=C(O)c1nnn(C2CCOCC2)c1-c1ccncc1. The van der Waals surface area contributed by atoms with Crippen LogP contribution in [0, 0.1) is 0 Å². The number of ether oxygens (including phenoxy) is 1. The minimum absolute atomic E-state index is 0.0253. The molecule has 1 fully saturated rings. The third-order valence-electron chi connectivity index (χ3n) is 3.39. The topological polar surface area (TPSA) is 90.1 Å². The second kappa shape index (κ2) is 5.38. The van der Waals surface area contributed by atoms with Crippen LogP contribution in [0.3, 0.4) is 0 Å². The highest BCUT2D eigenvalue weighted by molar-refractivity contribution is 5.92. The van der Waals surface area contributed by atoms with Crippen molar-refractivity contribution in [2.45, 2.75) is 18.9 Å². The largest absolute Gasteiger partial charge is 0.476 e. The Bertz CT molecular complexity index is 605. The number of pyridine rings is 1. The number of rotatable bonds is 3. The molecule has 0 saturated carbocycles. The van der Waals surface area contributed by atoms with Crippen molar-refractivity contribution in [2.75, 3.05) is 13.2 Å². The van der Waals surface area contributed by atoms with E-state index in [4.69, 9.17) is 4.74 Å². The molecule has 3 rings (SSSR count). The molecule has 1 N–H and O–H groups in total. The van der Waals surface area contributed by atoms with Crippen LogP contribution >= 0.6 is 0 Å². The van der Waals surface area contributed by atoms with Crippen molar-refractivity contribution < 1.29 is 14.6 Å². The average Bonchev–Trinajstić information content (AvgIpc) is 2.94. The summed E-state index contributed by atoms with van der Waals surface area (Å²) in [6.07, 6.45) is 4.87. The summed E-state index contributed by atoms with van der Waals surface area (Å²) in [5.41, 5.74) is 1.27. The Kier molecular flexibility index (Phi) is 3.42. The van der Waals surface area contributed by atoms with Crippen LogP contribution < -0.4 is 0 Å². The number of hydrogen-bond donors (Lipinski definition) is 1. The van der Waals surface area contributed by atoms with Gasteiger partial charge in [0.25, 0.3) is 0 Å². The predicted molar refractivity (Wildman–Crippen MR) is 69.3 cm³/mol. The van der Waals surface area contributed by atoms with Crippen molar-refractivity contribution >= 4 is 5.97 Å². The monoisotopic (exact) mass is 274 g/mol. The second-order valence-corrected chi connectivity index (χ2v) is 4.62. The van der Waals surface area contributed by atoms with Gasteiger partial charge in [-0.15, -0.1) is 5.10 Å². The lowest BCUT2D eigenvalue weighted by Gasteiger charge is -2.23. The molecule has 104 valence electrons. The van der Waals surface area contributed by atoms with Gasteiger partial charge in [-0.3, -0.25) is 4.98 Å². The molecule has 0 aromatic carbocycles. The van der Waals surface area contributed by atoms with Crippen LogP contribution in [-0.2, 0) is 4.74 Å². The molecule has 0 radical (unpaired) electrons. The van der Waals surface area contributed by atoms with E-state index in [0.717, 1.165) is 18.4 Å². The molecule has 3 heterocycles. The zero-order valence-corrected chi connectivity index (χ0v) is 10.8. The Morgan fingerprint density at radius 1 is 1.30 bits per heavy atom. The van der Waals surface area contributed by atoms with Crippen LogP contribution in [0.15, 0.2) is 24.5 Å². The van der Waals surface area contributed by atoms with Gasteiger partial charge in [0.15, 0.2) is 5.69 Å². The molecule has 0 aliphatic carbocycles. The summed E-state index contributed by atoms with van der Waals surface area (Å²) in [6.45, 7) is 1.31. The first-order chi connectivity index (χ1) is 9.77. The van der Waals surface area contributed by atoms with Gasteiger partial charge < -0.3 is 9.84 Å². The van der Waals surface area contributed by atoms with Gasteiger partial charge in [0.1, 0.15) is 5.69 Å². The fourth-order valence-electron chi connectivity index (χ4n) is 2.40. The van der Waals surface area contributed by atoms with E-state index in [2.05, 4.69) is 15.3 Å². The van der Waals surface area contributed by atoms with Crippen molar-refractivity contribution in [2.24, 2.45) is 0 Å². The smallest absolute Gasteiger partial charge is 0.358 e. The van der Waals surface area contributed by atoms with Gasteiger partial charge in [0.05, 0.1) is 6.04 Å². The highest BCUT2D eigenvalue weighted by Crippen LogP contribution is 2.29. The van der Waals surface area contributed by atoms with Crippen LogP contribution in [0.2, 0.25) is 0 Å². The highest BCUT2D eigenvalue weighted by atomic mass is 16.5. The molecule has 0 atom stereocenters. The maximum absolute atomic E-state index is 11.3. The zero-order chi connectivity index (χ0) is 13.9. The number of hydrogen-bond acceptors (Lipinski definition) is 5. The molecule has 20 heavy (non-hydrogen) atoms. The molecular formula is C13H14N4O3. The van der Waals surface area contributed by atoms with Gasteiger partial charge in [0.2, 0.25) is 0 Å². The van der Waals surface area contributed by atoms with Crippen molar-refractivity contribution in [1.82, 2.24) is 20.0 Å². The zero-order valence-electron chi connectivity index (χ0n) is 10.8. The molecule has 2 aromatic heterocycles. The van der Waals surface area contributed by atoms with E-state index in [1.165, 1.54) is 0 Å². The standard InChI is InChI=1S/C13H14N4O3/c18-13(19)11-12(9-1-5-14-6-2-9)17(16-15-11)10-3-7-20-8-4-10/h1-2,5-6,10H,3-4,7-8H2,(H,18,19). The van der Waals surface area contributed by atoms with Crippen molar-refractivity contribution in [3.8, 4) is 11.3 Å². The first-order valence-electron chi connectivity index (χ1n) is 6.44.